The van der Waals surface area contributed by atoms with Crippen molar-refractivity contribution >= 4 is 23.4 Å². The number of hydrogen-bond donors (Lipinski definition) is 1. The van der Waals surface area contributed by atoms with Crippen molar-refractivity contribution in [3.05, 3.63) is 135 Å². The maximum absolute atomic E-state index is 15.6. The second-order valence-corrected chi connectivity index (χ2v) is 12.0. The Bertz CT molecular complexity index is 3140. The predicted molar refractivity (Wildman–Crippen MR) is 198 cm³/mol. The quantitative estimate of drug-likeness (QED) is 0.145. The van der Waals surface area contributed by atoms with Crippen LogP contribution < -0.4 is 4.90 Å². The molecular weight excluding hydrogens is 710 g/mol. The molecule has 1 unspecified atom stereocenters. The highest BCUT2D eigenvalue weighted by Gasteiger charge is 2.33. The molecular formula is C41H42F5N3O3S. The molecule has 1 amide bonds. The van der Waals surface area contributed by atoms with Crippen molar-refractivity contribution in [1.82, 2.24) is 9.80 Å². The van der Waals surface area contributed by atoms with Gasteiger partial charge in [0.2, 0.25) is 5.91 Å². The maximum atomic E-state index is 15.6. The van der Waals surface area contributed by atoms with Crippen molar-refractivity contribution in [3.63, 3.8) is 0 Å². The van der Waals surface area contributed by atoms with Gasteiger partial charge in [0.15, 0.2) is 11.6 Å². The van der Waals surface area contributed by atoms with Crippen LogP contribution in [0, 0.1) is 18.6 Å². The molecule has 4 aromatic rings. The summed E-state index contributed by atoms with van der Waals surface area (Å²) in [6.45, 7) is -12.6. The Labute approximate surface area is 347 Å². The van der Waals surface area contributed by atoms with Gasteiger partial charge in [0.05, 0.1) is 47.3 Å². The first-order chi connectivity index (χ1) is 35.8. The molecule has 0 radical (unpaired) electrons. The van der Waals surface area contributed by atoms with E-state index in [0.717, 1.165) is 6.92 Å². The zero-order chi connectivity index (χ0) is 60.4. The molecule has 2 aliphatic rings. The van der Waals surface area contributed by atoms with Gasteiger partial charge in [-0.2, -0.15) is 13.2 Å². The molecule has 0 aromatic heterocycles. The third kappa shape index (κ3) is 9.29. The summed E-state index contributed by atoms with van der Waals surface area (Å²) in [5, 5.41) is 10.5. The summed E-state index contributed by atoms with van der Waals surface area (Å²) in [5.41, 5.74) is -12.8. The lowest BCUT2D eigenvalue weighted by Crippen LogP contribution is -2.50. The second kappa shape index (κ2) is 16.8. The van der Waals surface area contributed by atoms with E-state index in [1.807, 2.05) is 0 Å². The number of aliphatic hydroxyl groups is 1. The van der Waals surface area contributed by atoms with E-state index in [-0.39, 0.29) is 22.2 Å². The fourth-order valence-corrected chi connectivity index (χ4v) is 5.93. The number of ether oxygens (including phenoxy) is 1. The minimum absolute atomic E-state index is 0.216. The average molecular weight is 778 g/mol. The van der Waals surface area contributed by atoms with Crippen molar-refractivity contribution in [3.8, 4) is 11.1 Å². The summed E-state index contributed by atoms with van der Waals surface area (Å²) in [5.74, 6) is -5.91. The molecule has 6 rings (SSSR count). The first-order valence-electron chi connectivity index (χ1n) is 28.3. The number of rotatable bonds is 12. The Morgan fingerprint density at radius 1 is 1.04 bits per heavy atom. The molecule has 0 aliphatic carbocycles. The molecule has 1 fully saturated rings. The number of nitrogens with zero attached hydrogens (tertiary/aromatic N) is 3. The van der Waals surface area contributed by atoms with Gasteiger partial charge in [0, 0.05) is 67.2 Å². The highest BCUT2D eigenvalue weighted by molar-refractivity contribution is 8.02. The zero-order valence-electron chi connectivity index (χ0n) is 53.1. The summed E-state index contributed by atoms with van der Waals surface area (Å²) in [4.78, 5) is 16.9. The number of carbonyl (C=O) groups excluding carboxylic acids is 1. The molecule has 4 aromatic carbocycles. The van der Waals surface area contributed by atoms with Crippen LogP contribution in [0.2, 0.25) is 0 Å². The highest BCUT2D eigenvalue weighted by atomic mass is 32.2. The topological polar surface area (TPSA) is 56.3 Å². The van der Waals surface area contributed by atoms with Gasteiger partial charge in [-0.25, -0.2) is 8.78 Å². The molecule has 53 heavy (non-hydrogen) atoms. The lowest BCUT2D eigenvalue weighted by atomic mass is 9.99. The van der Waals surface area contributed by atoms with E-state index in [1.54, 1.807) is 0 Å². The number of halogens is 5. The van der Waals surface area contributed by atoms with Gasteiger partial charge in [0.1, 0.15) is 12.6 Å². The third-order valence-electron chi connectivity index (χ3n) is 7.68. The SMILES string of the molecule is [2H]C1=C(SC([2H])([2H])c2c([2H])c([2H])c([2H])c(F)c2F)N(CC(=O)N(C2CCN(C([2H])([2H])C([2H])([2H])OC([2H])([2H])[2H])CC2)C([2H])([2H])c2c([2H])c([2H])c(-c3c([2H])c([2H])c(C(F)(F)F)c([2H])c3[2H])c([2H])c2[2H])c2c([2H])c([2H])c(C)c([2H])c2C1O. The van der Waals surface area contributed by atoms with Gasteiger partial charge < -0.3 is 24.5 Å². The van der Waals surface area contributed by atoms with E-state index in [4.69, 9.17) is 32.9 Å². The Kier molecular flexibility index (Phi) is 5.56. The van der Waals surface area contributed by atoms with Gasteiger partial charge in [-0.1, -0.05) is 66.0 Å². The van der Waals surface area contributed by atoms with Crippen LogP contribution >= 0.6 is 11.8 Å². The predicted octanol–water partition coefficient (Wildman–Crippen LogP) is 8.73. The molecule has 0 spiro atoms. The van der Waals surface area contributed by atoms with Gasteiger partial charge in [-0.3, -0.25) is 4.79 Å². The van der Waals surface area contributed by atoms with Crippen molar-refractivity contribution in [2.45, 2.75) is 50.3 Å². The van der Waals surface area contributed by atoms with E-state index in [2.05, 4.69) is 4.74 Å². The first kappa shape index (κ1) is 17.5. The maximum Gasteiger partial charge on any atom is 0.416 e. The van der Waals surface area contributed by atoms with E-state index in [0.29, 0.717) is 9.80 Å². The van der Waals surface area contributed by atoms with Crippen LogP contribution in [0.1, 0.15) is 82.4 Å². The van der Waals surface area contributed by atoms with Crippen LogP contribution in [0.5, 0.6) is 0 Å². The fraction of sp³-hybridized carbons (Fsp3) is 0.341. The monoisotopic (exact) mass is 777 g/mol. The minimum Gasteiger partial charge on any atom is -0.384 e. The van der Waals surface area contributed by atoms with Crippen LogP contribution in [-0.4, -0.2) is 66.6 Å². The molecule has 0 saturated carbocycles. The van der Waals surface area contributed by atoms with Gasteiger partial charge in [0.25, 0.3) is 0 Å². The van der Waals surface area contributed by atoms with Gasteiger partial charge >= 0.3 is 6.18 Å². The Morgan fingerprint density at radius 2 is 1.74 bits per heavy atom. The van der Waals surface area contributed by atoms with Crippen LogP contribution in [0.25, 0.3) is 11.1 Å². The lowest BCUT2D eigenvalue weighted by molar-refractivity contribution is -0.137. The molecule has 12 heteroatoms. The number of amides is 1. The lowest BCUT2D eigenvalue weighted by Gasteiger charge is -2.40. The van der Waals surface area contributed by atoms with Crippen LogP contribution in [0.4, 0.5) is 27.6 Å². The third-order valence-corrected chi connectivity index (χ3v) is 8.52. The highest BCUT2D eigenvalue weighted by Crippen LogP contribution is 2.41. The number of benzene rings is 4. The smallest absolute Gasteiger partial charge is 0.384 e. The van der Waals surface area contributed by atoms with Crippen LogP contribution in [-0.2, 0) is 27.9 Å². The standard InChI is InChI=1S/C41H42F5N3O3S/c1-27-6-15-36-34(22-27)37(50)23-39(53-26-31-4-3-5-35(42)40(31)43)49(36)25-38(51)48(33-16-18-47(19-17-33)20-21-52-2)24-28-7-9-29(10-8-28)30-11-13-32(14-12-30)41(44,45)46/h3-15,22-23,33,37,50H,16-21,24-26H2,1-2H3/i2D3,3D,4D,5D,6D,7D,8D,9D,10D,11D,12D,13D,14D,15D,20D2,21D2,22D,23D,24D2,26D2. The van der Waals surface area contributed by atoms with E-state index in [9.17, 15) is 25.4 Å². The Morgan fingerprint density at radius 3 is 2.42 bits per heavy atom. The van der Waals surface area contributed by atoms with Crippen LogP contribution in [0.15, 0.2) is 95.7 Å². The zero-order valence-corrected chi connectivity index (χ0v) is 27.9. The Balaban J connectivity index is 1.60. The molecule has 1 saturated heterocycles. The molecule has 1 atom stereocenters. The first-order valence-corrected chi connectivity index (χ1v) is 16.1. The second-order valence-electron chi connectivity index (χ2n) is 11.2. The molecule has 2 heterocycles. The van der Waals surface area contributed by atoms with E-state index >= 15 is 9.18 Å². The number of hydrogen-bond acceptors (Lipinski definition) is 6. The molecule has 0 bridgehead atoms. The molecule has 280 valence electrons. The van der Waals surface area contributed by atoms with E-state index in [1.165, 1.54) is 0 Å². The number of methoxy groups -OCH3 is 1. The normalized spacial score (nSPS) is 25.3. The summed E-state index contributed by atoms with van der Waals surface area (Å²) >= 11 is -0.363. The Hall–Kier alpha value is -4.23. The molecule has 2 aliphatic heterocycles. The number of alkyl halides is 3. The molecule has 6 nitrogen and oxygen atoms in total. The number of fused-ring (bicyclic) bond motifs is 1. The fourth-order valence-electron chi connectivity index (χ4n) is 5.15. The number of likely N-dealkylation sites (tertiary alicyclic amines) is 1. The van der Waals surface area contributed by atoms with Crippen molar-refractivity contribution in [2.24, 2.45) is 0 Å². The van der Waals surface area contributed by atoms with Gasteiger partial charge in [-0.15, -0.1) is 11.8 Å². The minimum atomic E-state index is -5.48. The largest absolute Gasteiger partial charge is 0.416 e. The summed E-state index contributed by atoms with van der Waals surface area (Å²) in [6.07, 6.45) is -9.20. The van der Waals surface area contributed by atoms with Crippen molar-refractivity contribution in [1.29, 1.82) is 0 Å². The number of anilines is 1. The average Bonchev–Trinajstić information content (AvgIpc) is 3.40. The summed E-state index contributed by atoms with van der Waals surface area (Å²) in [7, 11) is -3.50. The number of thioether (sulfide) groups is 1. The van der Waals surface area contributed by atoms with Crippen molar-refractivity contribution < 1.29 is 72.2 Å². The van der Waals surface area contributed by atoms with Gasteiger partial charge in [-0.05, 0) is 66.7 Å². The van der Waals surface area contributed by atoms with E-state index < -0.39 is 235 Å². The summed E-state index contributed by atoms with van der Waals surface area (Å²) < 4.78 is 298. The number of aliphatic hydroxyl groups excluding tert-OH is 1. The van der Waals surface area contributed by atoms with Crippen LogP contribution in [0.3, 0.4) is 0 Å². The van der Waals surface area contributed by atoms with Crippen molar-refractivity contribution in [2.75, 3.05) is 44.6 Å². The summed E-state index contributed by atoms with van der Waals surface area (Å²) in [6, 6.07) is -21.7. The molecule has 1 N–H and O–H groups in total. The number of carbonyl (C=O) groups is 1. The number of piperidine rings is 1.